The van der Waals surface area contributed by atoms with Gasteiger partial charge in [0.15, 0.2) is 0 Å². The van der Waals surface area contributed by atoms with Crippen LogP contribution in [0.4, 0.5) is 0 Å². The third kappa shape index (κ3) is 2.76. The van der Waals surface area contributed by atoms with E-state index in [0.717, 1.165) is 44.2 Å². The molecule has 1 fully saturated rings. The lowest BCUT2D eigenvalue weighted by Gasteiger charge is -2.27. The van der Waals surface area contributed by atoms with Crippen molar-refractivity contribution >= 4 is 11.3 Å². The summed E-state index contributed by atoms with van der Waals surface area (Å²) in [6.07, 6.45) is 6.97. The summed E-state index contributed by atoms with van der Waals surface area (Å²) in [6, 6.07) is 2.22. The van der Waals surface area contributed by atoms with Gasteiger partial charge in [0.05, 0.1) is 5.69 Å². The highest BCUT2D eigenvalue weighted by Crippen LogP contribution is 2.32. The topological polar surface area (TPSA) is 29.0 Å². The molecule has 0 atom stereocenters. The third-order valence-corrected chi connectivity index (χ3v) is 4.96. The molecule has 0 unspecified atom stereocenters. The van der Waals surface area contributed by atoms with Gasteiger partial charge in [-0.1, -0.05) is 0 Å². The zero-order valence-corrected chi connectivity index (χ0v) is 12.4. The first-order valence-corrected chi connectivity index (χ1v) is 8.38. The van der Waals surface area contributed by atoms with Crippen molar-refractivity contribution in [3.8, 4) is 0 Å². The van der Waals surface area contributed by atoms with Gasteiger partial charge in [0.25, 0.3) is 0 Å². The number of hydrogen-bond donors (Lipinski definition) is 0. The van der Waals surface area contributed by atoms with Crippen LogP contribution in [-0.2, 0) is 25.9 Å². The van der Waals surface area contributed by atoms with E-state index in [1.165, 1.54) is 29.7 Å². The van der Waals surface area contributed by atoms with Gasteiger partial charge in [0.2, 0.25) is 0 Å². The Labute approximate surface area is 123 Å². The van der Waals surface area contributed by atoms with Gasteiger partial charge in [-0.2, -0.15) is 11.3 Å². The molecule has 0 radical (unpaired) electrons. The maximum atomic E-state index is 4.82. The van der Waals surface area contributed by atoms with Crippen LogP contribution in [0.15, 0.2) is 23.0 Å². The van der Waals surface area contributed by atoms with Crippen LogP contribution in [0, 0.1) is 5.92 Å². The molecule has 1 aliphatic carbocycles. The Balaban J connectivity index is 1.48. The summed E-state index contributed by atoms with van der Waals surface area (Å²) < 4.78 is 0. The van der Waals surface area contributed by atoms with E-state index in [9.17, 15) is 0 Å². The van der Waals surface area contributed by atoms with Crippen molar-refractivity contribution in [3.05, 3.63) is 45.7 Å². The minimum atomic E-state index is 0.860. The highest BCUT2D eigenvalue weighted by atomic mass is 32.1. The van der Waals surface area contributed by atoms with E-state index in [4.69, 9.17) is 4.98 Å². The average Bonchev–Trinajstić information content (AvgIpc) is 3.12. The Morgan fingerprint density at radius 2 is 2.30 bits per heavy atom. The SMILES string of the molecule is c1cc(CN2CCc3cnc(CC4CC4)nc3C2)cs1. The van der Waals surface area contributed by atoms with Crippen LogP contribution < -0.4 is 0 Å². The van der Waals surface area contributed by atoms with E-state index in [1.807, 2.05) is 0 Å². The van der Waals surface area contributed by atoms with Gasteiger partial charge in [0.1, 0.15) is 5.82 Å². The fraction of sp³-hybridized carbons (Fsp3) is 0.500. The highest BCUT2D eigenvalue weighted by molar-refractivity contribution is 7.07. The van der Waals surface area contributed by atoms with E-state index in [1.54, 1.807) is 11.3 Å². The molecule has 2 aromatic heterocycles. The van der Waals surface area contributed by atoms with Crippen molar-refractivity contribution in [1.82, 2.24) is 14.9 Å². The molecular weight excluding hydrogens is 266 g/mol. The van der Waals surface area contributed by atoms with E-state index in [-0.39, 0.29) is 0 Å². The molecule has 1 aliphatic heterocycles. The van der Waals surface area contributed by atoms with Gasteiger partial charge in [-0.15, -0.1) is 0 Å². The molecule has 0 N–H and O–H groups in total. The summed E-state index contributed by atoms with van der Waals surface area (Å²) >= 11 is 1.78. The first-order chi connectivity index (χ1) is 9.87. The Morgan fingerprint density at radius 1 is 1.35 bits per heavy atom. The predicted molar refractivity (Wildman–Crippen MR) is 80.6 cm³/mol. The largest absolute Gasteiger partial charge is 0.293 e. The second-order valence-electron chi connectivity index (χ2n) is 6.00. The molecule has 0 spiro atoms. The van der Waals surface area contributed by atoms with Crippen molar-refractivity contribution in [3.63, 3.8) is 0 Å². The molecule has 0 bridgehead atoms. The van der Waals surface area contributed by atoms with Crippen molar-refractivity contribution in [1.29, 1.82) is 0 Å². The number of rotatable bonds is 4. The summed E-state index contributed by atoms with van der Waals surface area (Å²) in [6.45, 7) is 3.14. The summed E-state index contributed by atoms with van der Waals surface area (Å²) in [5.41, 5.74) is 4.04. The maximum absolute atomic E-state index is 4.82. The molecule has 1 saturated carbocycles. The maximum Gasteiger partial charge on any atom is 0.128 e. The zero-order valence-electron chi connectivity index (χ0n) is 11.6. The van der Waals surface area contributed by atoms with Crippen molar-refractivity contribution in [2.24, 2.45) is 5.92 Å². The molecule has 0 amide bonds. The standard InChI is InChI=1S/C16H19N3S/c1-2-12(1)7-16-17-8-14-3-5-19(10-15(14)18-16)9-13-4-6-20-11-13/h4,6,8,11-12H,1-3,5,7,9-10H2. The van der Waals surface area contributed by atoms with Crippen molar-refractivity contribution < 1.29 is 0 Å². The van der Waals surface area contributed by atoms with Gasteiger partial charge < -0.3 is 0 Å². The first kappa shape index (κ1) is 12.5. The second kappa shape index (κ2) is 5.26. The first-order valence-electron chi connectivity index (χ1n) is 7.44. The van der Waals surface area contributed by atoms with Crippen LogP contribution in [-0.4, -0.2) is 21.4 Å². The molecule has 4 heteroatoms. The number of fused-ring (bicyclic) bond motifs is 1. The average molecular weight is 285 g/mol. The lowest BCUT2D eigenvalue weighted by molar-refractivity contribution is 0.241. The minimum absolute atomic E-state index is 0.860. The molecule has 20 heavy (non-hydrogen) atoms. The van der Waals surface area contributed by atoms with Gasteiger partial charge in [0, 0.05) is 32.3 Å². The molecule has 4 rings (SSSR count). The molecule has 3 heterocycles. The molecule has 0 saturated heterocycles. The van der Waals surface area contributed by atoms with Crippen LogP contribution in [0.5, 0.6) is 0 Å². The zero-order chi connectivity index (χ0) is 13.4. The van der Waals surface area contributed by atoms with Crippen LogP contribution in [0.3, 0.4) is 0 Å². The van der Waals surface area contributed by atoms with Gasteiger partial charge in [-0.25, -0.2) is 9.97 Å². The van der Waals surface area contributed by atoms with Crippen LogP contribution in [0.1, 0.15) is 35.5 Å². The number of aromatic nitrogens is 2. The van der Waals surface area contributed by atoms with Gasteiger partial charge in [-0.05, 0) is 53.1 Å². The summed E-state index contributed by atoms with van der Waals surface area (Å²) in [7, 11) is 0. The molecule has 2 aromatic rings. The summed E-state index contributed by atoms with van der Waals surface area (Å²) in [4.78, 5) is 11.9. The molecule has 2 aliphatic rings. The van der Waals surface area contributed by atoms with Crippen molar-refractivity contribution in [2.75, 3.05) is 6.54 Å². The molecule has 0 aromatic carbocycles. The van der Waals surface area contributed by atoms with Crippen LogP contribution in [0.2, 0.25) is 0 Å². The van der Waals surface area contributed by atoms with Crippen LogP contribution >= 0.6 is 11.3 Å². The Hall–Kier alpha value is -1.26. The van der Waals surface area contributed by atoms with Gasteiger partial charge in [-0.3, -0.25) is 4.90 Å². The number of thiophene rings is 1. The molecule has 3 nitrogen and oxygen atoms in total. The lowest BCUT2D eigenvalue weighted by Crippen LogP contribution is -2.31. The highest BCUT2D eigenvalue weighted by Gasteiger charge is 2.24. The fourth-order valence-electron chi connectivity index (χ4n) is 2.85. The Kier molecular flexibility index (Phi) is 3.28. The normalized spacial score (nSPS) is 19.0. The monoisotopic (exact) mass is 285 g/mol. The van der Waals surface area contributed by atoms with Crippen molar-refractivity contribution in [2.45, 2.75) is 38.8 Å². The number of hydrogen-bond acceptors (Lipinski definition) is 4. The van der Waals surface area contributed by atoms with Gasteiger partial charge >= 0.3 is 0 Å². The smallest absolute Gasteiger partial charge is 0.128 e. The summed E-state index contributed by atoms with van der Waals surface area (Å²) in [5.74, 6) is 1.92. The van der Waals surface area contributed by atoms with E-state index in [2.05, 4.69) is 32.9 Å². The molecular formula is C16H19N3S. The lowest BCUT2D eigenvalue weighted by atomic mass is 10.1. The van der Waals surface area contributed by atoms with E-state index >= 15 is 0 Å². The Morgan fingerprint density at radius 3 is 3.10 bits per heavy atom. The third-order valence-electron chi connectivity index (χ3n) is 4.23. The Bertz CT molecular complexity index is 590. The van der Waals surface area contributed by atoms with Crippen LogP contribution in [0.25, 0.3) is 0 Å². The quantitative estimate of drug-likeness (QED) is 0.864. The predicted octanol–water partition coefficient (Wildman–Crippen LogP) is 3.05. The second-order valence-corrected chi connectivity index (χ2v) is 6.78. The molecule has 104 valence electrons. The van der Waals surface area contributed by atoms with E-state index in [0.29, 0.717) is 0 Å². The fourth-order valence-corrected chi connectivity index (χ4v) is 3.51. The summed E-state index contributed by atoms with van der Waals surface area (Å²) in [5, 5.41) is 4.40. The minimum Gasteiger partial charge on any atom is -0.293 e. The number of nitrogens with zero attached hydrogens (tertiary/aromatic N) is 3. The van der Waals surface area contributed by atoms with E-state index < -0.39 is 0 Å².